The smallest absolute Gasteiger partial charge is 0.240 e. The van der Waals surface area contributed by atoms with Crippen molar-refractivity contribution in [1.29, 1.82) is 0 Å². The van der Waals surface area contributed by atoms with Crippen LogP contribution in [0.1, 0.15) is 20.3 Å². The summed E-state index contributed by atoms with van der Waals surface area (Å²) >= 11 is 0. The molecule has 4 N–H and O–H groups in total. The van der Waals surface area contributed by atoms with Crippen LogP contribution >= 0.6 is 0 Å². The molecule has 0 aromatic heterocycles. The minimum absolute atomic E-state index is 0.319. The Kier molecular flexibility index (Phi) is 5.57. The summed E-state index contributed by atoms with van der Waals surface area (Å²) in [7, 11) is 0. The molecule has 0 bridgehead atoms. The molecule has 0 aromatic rings. The third-order valence-electron chi connectivity index (χ3n) is 1.80. The first-order valence-corrected chi connectivity index (χ1v) is 4.51. The molecular weight excluding hydrogens is 186 g/mol. The second-order valence-electron chi connectivity index (χ2n) is 3.51. The average Bonchev–Trinajstić information content (AvgIpc) is 1.97. The Morgan fingerprint density at radius 1 is 1.43 bits per heavy atom. The summed E-state index contributed by atoms with van der Waals surface area (Å²) in [6.45, 7) is 7.16. The summed E-state index contributed by atoms with van der Waals surface area (Å²) < 4.78 is 24.2. The molecule has 0 radical (unpaired) electrons. The summed E-state index contributed by atoms with van der Waals surface area (Å²) in [6.07, 6.45) is -1.09. The van der Waals surface area contributed by atoms with Gasteiger partial charge in [-0.1, -0.05) is 18.2 Å². The number of rotatable bonds is 5. The molecule has 2 unspecified atom stereocenters. The topological polar surface area (TPSA) is 52.0 Å². The number of halogens is 2. The lowest BCUT2D eigenvalue weighted by Gasteiger charge is -2.19. The molecule has 4 heteroatoms. The largest absolute Gasteiger partial charge is 0.324 e. The SMILES string of the molecule is C=C(C)/C=C(/C(C)N)C(N)CC(F)F. The normalized spacial score (nSPS) is 16.9. The molecule has 0 rings (SSSR count). The molecular formula is C10H18F2N2. The van der Waals surface area contributed by atoms with Gasteiger partial charge >= 0.3 is 0 Å². The Hall–Kier alpha value is -0.740. The first-order valence-electron chi connectivity index (χ1n) is 4.51. The molecule has 0 heterocycles. The van der Waals surface area contributed by atoms with Gasteiger partial charge in [0.2, 0.25) is 6.43 Å². The van der Waals surface area contributed by atoms with Gasteiger partial charge in [-0.05, 0) is 19.4 Å². The van der Waals surface area contributed by atoms with E-state index in [1.54, 1.807) is 19.9 Å². The standard InChI is InChI=1S/C10H18F2N2/c1-6(2)4-8(7(3)13)9(14)5-10(11)12/h4,7,9-10H,1,5,13-14H2,2-3H3/b8-4-. The van der Waals surface area contributed by atoms with Gasteiger partial charge in [-0.15, -0.1) is 0 Å². The first kappa shape index (κ1) is 13.3. The van der Waals surface area contributed by atoms with Crippen LogP contribution in [0.4, 0.5) is 8.78 Å². The fourth-order valence-electron chi connectivity index (χ4n) is 1.19. The predicted octanol–water partition coefficient (Wildman–Crippen LogP) is 1.82. The highest BCUT2D eigenvalue weighted by Crippen LogP contribution is 2.14. The molecule has 0 saturated heterocycles. The van der Waals surface area contributed by atoms with Crippen LogP contribution in [-0.4, -0.2) is 18.5 Å². The van der Waals surface area contributed by atoms with E-state index in [2.05, 4.69) is 6.58 Å². The van der Waals surface area contributed by atoms with Crippen molar-refractivity contribution in [3.63, 3.8) is 0 Å². The van der Waals surface area contributed by atoms with E-state index < -0.39 is 12.5 Å². The van der Waals surface area contributed by atoms with Crippen LogP contribution in [0.2, 0.25) is 0 Å². The van der Waals surface area contributed by atoms with Gasteiger partial charge in [0.25, 0.3) is 0 Å². The molecule has 0 aliphatic rings. The van der Waals surface area contributed by atoms with E-state index in [1.807, 2.05) is 0 Å². The van der Waals surface area contributed by atoms with Gasteiger partial charge in [-0.3, -0.25) is 0 Å². The number of hydrogen-bond acceptors (Lipinski definition) is 2. The maximum atomic E-state index is 12.1. The van der Waals surface area contributed by atoms with E-state index in [9.17, 15) is 8.78 Å². The molecule has 0 aliphatic carbocycles. The Labute approximate surface area is 83.7 Å². The molecule has 14 heavy (non-hydrogen) atoms. The van der Waals surface area contributed by atoms with E-state index in [1.165, 1.54) is 0 Å². The minimum atomic E-state index is -2.41. The first-order chi connectivity index (χ1) is 6.34. The van der Waals surface area contributed by atoms with E-state index >= 15 is 0 Å². The Bertz CT molecular complexity index is 222. The molecule has 0 fully saturated rings. The lowest BCUT2D eigenvalue weighted by molar-refractivity contribution is 0.132. The molecule has 2 nitrogen and oxygen atoms in total. The monoisotopic (exact) mass is 204 g/mol. The van der Waals surface area contributed by atoms with Crippen molar-refractivity contribution in [2.24, 2.45) is 11.5 Å². The maximum Gasteiger partial charge on any atom is 0.240 e. The van der Waals surface area contributed by atoms with Crippen molar-refractivity contribution >= 4 is 0 Å². The highest BCUT2D eigenvalue weighted by molar-refractivity contribution is 5.26. The second-order valence-corrected chi connectivity index (χ2v) is 3.51. The van der Waals surface area contributed by atoms with E-state index in [-0.39, 0.29) is 12.5 Å². The summed E-state index contributed by atoms with van der Waals surface area (Å²) in [5.41, 5.74) is 12.6. The molecule has 0 aromatic carbocycles. The van der Waals surface area contributed by atoms with Gasteiger partial charge in [0.1, 0.15) is 0 Å². The zero-order chi connectivity index (χ0) is 11.3. The van der Waals surface area contributed by atoms with Crippen molar-refractivity contribution in [1.82, 2.24) is 0 Å². The van der Waals surface area contributed by atoms with Gasteiger partial charge in [-0.25, -0.2) is 8.78 Å². The molecule has 2 atom stereocenters. The summed E-state index contributed by atoms with van der Waals surface area (Å²) in [5, 5.41) is 0. The molecule has 0 saturated carbocycles. The van der Waals surface area contributed by atoms with Crippen LogP contribution in [0, 0.1) is 0 Å². The van der Waals surface area contributed by atoms with Crippen molar-refractivity contribution < 1.29 is 8.78 Å². The van der Waals surface area contributed by atoms with Crippen LogP contribution in [-0.2, 0) is 0 Å². The maximum absolute atomic E-state index is 12.1. The minimum Gasteiger partial charge on any atom is -0.324 e. The third kappa shape index (κ3) is 5.09. The Balaban J connectivity index is 4.58. The van der Waals surface area contributed by atoms with E-state index in [0.717, 1.165) is 5.57 Å². The number of nitrogens with two attached hydrogens (primary N) is 2. The predicted molar refractivity (Wildman–Crippen MR) is 55.1 cm³/mol. The van der Waals surface area contributed by atoms with Crippen LogP contribution in [0.3, 0.4) is 0 Å². The van der Waals surface area contributed by atoms with Crippen LogP contribution in [0.15, 0.2) is 23.8 Å². The van der Waals surface area contributed by atoms with Crippen molar-refractivity contribution in [3.05, 3.63) is 23.8 Å². The van der Waals surface area contributed by atoms with Crippen molar-refractivity contribution in [2.45, 2.75) is 38.8 Å². The van der Waals surface area contributed by atoms with Gasteiger partial charge in [0.05, 0.1) is 0 Å². The fraction of sp³-hybridized carbons (Fsp3) is 0.600. The van der Waals surface area contributed by atoms with E-state index in [4.69, 9.17) is 11.5 Å². The molecule has 0 aliphatic heterocycles. The summed E-state index contributed by atoms with van der Waals surface area (Å²) in [6, 6.07) is -1.01. The second kappa shape index (κ2) is 5.88. The van der Waals surface area contributed by atoms with Gasteiger partial charge in [0.15, 0.2) is 0 Å². The van der Waals surface area contributed by atoms with Gasteiger partial charge < -0.3 is 11.5 Å². The summed E-state index contributed by atoms with van der Waals surface area (Å²) in [5.74, 6) is 0. The van der Waals surface area contributed by atoms with Crippen LogP contribution < -0.4 is 11.5 Å². The quantitative estimate of drug-likeness (QED) is 0.671. The van der Waals surface area contributed by atoms with Crippen LogP contribution in [0.5, 0.6) is 0 Å². The number of allylic oxidation sites excluding steroid dienone is 2. The zero-order valence-electron chi connectivity index (χ0n) is 8.63. The third-order valence-corrected chi connectivity index (χ3v) is 1.80. The Morgan fingerprint density at radius 3 is 2.21 bits per heavy atom. The summed E-state index contributed by atoms with van der Waals surface area (Å²) in [4.78, 5) is 0. The van der Waals surface area contributed by atoms with E-state index in [0.29, 0.717) is 5.57 Å². The van der Waals surface area contributed by atoms with Crippen molar-refractivity contribution in [3.8, 4) is 0 Å². The highest BCUT2D eigenvalue weighted by Gasteiger charge is 2.17. The zero-order valence-corrected chi connectivity index (χ0v) is 8.63. The lowest BCUT2D eigenvalue weighted by Crippen LogP contribution is -2.34. The van der Waals surface area contributed by atoms with Gasteiger partial charge in [-0.2, -0.15) is 0 Å². The lowest BCUT2D eigenvalue weighted by atomic mass is 9.97. The Morgan fingerprint density at radius 2 is 1.93 bits per heavy atom. The number of alkyl halides is 2. The van der Waals surface area contributed by atoms with Gasteiger partial charge in [0, 0.05) is 18.5 Å². The average molecular weight is 204 g/mol. The van der Waals surface area contributed by atoms with Crippen LogP contribution in [0.25, 0.3) is 0 Å². The highest BCUT2D eigenvalue weighted by atomic mass is 19.3. The molecule has 82 valence electrons. The molecule has 0 amide bonds. The fourth-order valence-corrected chi connectivity index (χ4v) is 1.19. The van der Waals surface area contributed by atoms with Crippen molar-refractivity contribution in [2.75, 3.05) is 0 Å². The number of hydrogen-bond donors (Lipinski definition) is 2. The molecule has 0 spiro atoms.